The first kappa shape index (κ1) is 20.2. The fourth-order valence-corrected chi connectivity index (χ4v) is 4.14. The summed E-state index contributed by atoms with van der Waals surface area (Å²) in [6.07, 6.45) is 14.2. The van der Waals surface area contributed by atoms with Gasteiger partial charge in [0, 0.05) is 25.2 Å². The molecule has 1 saturated carbocycles. The molecule has 3 atom stereocenters. The van der Waals surface area contributed by atoms with Crippen LogP contribution in [0.2, 0.25) is 0 Å². The number of hydrogen-bond acceptors (Lipinski definition) is 4. The molecule has 2 fully saturated rings. The first-order valence-corrected chi connectivity index (χ1v) is 10.4. The van der Waals surface area contributed by atoms with Crippen molar-refractivity contribution in [2.24, 2.45) is 11.7 Å². The summed E-state index contributed by atoms with van der Waals surface area (Å²) in [6, 6.07) is 1.05. The van der Waals surface area contributed by atoms with Gasteiger partial charge in [-0.25, -0.2) is 0 Å². The first-order valence-electron chi connectivity index (χ1n) is 10.4. The Morgan fingerprint density at radius 2 is 1.96 bits per heavy atom. The molecule has 4 heteroatoms. The van der Waals surface area contributed by atoms with Crippen molar-refractivity contribution in [1.82, 2.24) is 10.6 Å². The minimum atomic E-state index is 0.405. The monoisotopic (exact) mass is 338 g/mol. The van der Waals surface area contributed by atoms with Crippen molar-refractivity contribution >= 4 is 0 Å². The quantitative estimate of drug-likeness (QED) is 0.532. The van der Waals surface area contributed by atoms with Gasteiger partial charge >= 0.3 is 0 Å². The highest BCUT2D eigenvalue weighted by atomic mass is 16.5. The molecule has 1 aliphatic heterocycles. The van der Waals surface area contributed by atoms with Gasteiger partial charge < -0.3 is 10.5 Å². The van der Waals surface area contributed by atoms with Crippen LogP contribution in [-0.2, 0) is 4.74 Å². The Morgan fingerprint density at radius 1 is 1.17 bits per heavy atom. The smallest absolute Gasteiger partial charge is 0.0604 e. The Bertz CT molecular complexity index is 318. The van der Waals surface area contributed by atoms with Gasteiger partial charge in [0.25, 0.3) is 0 Å². The van der Waals surface area contributed by atoms with Crippen LogP contribution in [0.4, 0.5) is 0 Å². The third kappa shape index (κ3) is 6.99. The van der Waals surface area contributed by atoms with Gasteiger partial charge in [0.15, 0.2) is 0 Å². The van der Waals surface area contributed by atoms with Crippen LogP contribution in [0.1, 0.15) is 84.5 Å². The van der Waals surface area contributed by atoms with E-state index in [2.05, 4.69) is 31.0 Å². The van der Waals surface area contributed by atoms with E-state index in [1.165, 1.54) is 44.9 Å². The van der Waals surface area contributed by atoms with E-state index in [0.29, 0.717) is 30.3 Å². The molecule has 3 unspecified atom stereocenters. The third-order valence-corrected chi connectivity index (χ3v) is 5.64. The largest absolute Gasteiger partial charge is 0.378 e. The minimum absolute atomic E-state index is 0.405. The second-order valence-corrected chi connectivity index (χ2v) is 7.84. The maximum Gasteiger partial charge on any atom is 0.0604 e. The number of rotatable bonds is 10. The van der Waals surface area contributed by atoms with Crippen LogP contribution in [0, 0.1) is 12.5 Å². The van der Waals surface area contributed by atoms with E-state index in [9.17, 15) is 0 Å². The standard InChI is InChI=1S/C20H40N3O/c1-3-5-6-7-19(24-14-4-2)16-12-13-22-20(15-16)23-18-10-8-17(21)9-11-18/h13,16-20,22-23H,3-12,14-15,21H2,1-2H3. The van der Waals surface area contributed by atoms with Gasteiger partial charge in [-0.3, -0.25) is 10.6 Å². The van der Waals surface area contributed by atoms with E-state index in [4.69, 9.17) is 10.5 Å². The van der Waals surface area contributed by atoms with Crippen LogP contribution in [0.15, 0.2) is 0 Å². The van der Waals surface area contributed by atoms with Gasteiger partial charge in [0.05, 0.1) is 12.3 Å². The summed E-state index contributed by atoms with van der Waals surface area (Å²) in [5, 5.41) is 7.40. The Morgan fingerprint density at radius 3 is 2.67 bits per heavy atom. The molecule has 1 aliphatic carbocycles. The maximum absolute atomic E-state index is 6.24. The molecule has 0 spiro atoms. The average molecular weight is 339 g/mol. The molecule has 141 valence electrons. The Hall–Kier alpha value is -0.160. The number of piperidine rings is 1. The van der Waals surface area contributed by atoms with Crippen molar-refractivity contribution in [2.75, 3.05) is 6.61 Å². The molecule has 0 aromatic heterocycles. The third-order valence-electron chi connectivity index (χ3n) is 5.64. The van der Waals surface area contributed by atoms with Gasteiger partial charge in [0.2, 0.25) is 0 Å². The second-order valence-electron chi connectivity index (χ2n) is 7.84. The molecule has 1 saturated heterocycles. The molecule has 4 N–H and O–H groups in total. The van der Waals surface area contributed by atoms with Crippen molar-refractivity contribution in [2.45, 2.75) is 109 Å². The molecule has 2 aliphatic rings. The number of nitrogens with one attached hydrogen (secondary N) is 2. The lowest BCUT2D eigenvalue weighted by Crippen LogP contribution is -2.52. The summed E-state index contributed by atoms with van der Waals surface area (Å²) in [5.74, 6) is 0.651. The van der Waals surface area contributed by atoms with Gasteiger partial charge in [-0.2, -0.15) is 0 Å². The molecule has 0 aromatic rings. The molecular formula is C20H40N3O. The molecule has 2 rings (SSSR count). The van der Waals surface area contributed by atoms with E-state index in [-0.39, 0.29) is 0 Å². The van der Waals surface area contributed by atoms with Crippen molar-refractivity contribution in [1.29, 1.82) is 0 Å². The molecule has 0 amide bonds. The van der Waals surface area contributed by atoms with Crippen LogP contribution in [-0.4, -0.2) is 31.0 Å². The summed E-state index contributed by atoms with van der Waals surface area (Å²) in [7, 11) is 0. The lowest BCUT2D eigenvalue weighted by atomic mass is 9.86. The predicted octanol–water partition coefficient (Wildman–Crippen LogP) is 3.71. The van der Waals surface area contributed by atoms with Crippen molar-refractivity contribution in [3.63, 3.8) is 0 Å². The summed E-state index contributed by atoms with van der Waals surface area (Å²) >= 11 is 0. The zero-order chi connectivity index (χ0) is 17.2. The fourth-order valence-electron chi connectivity index (χ4n) is 4.14. The highest BCUT2D eigenvalue weighted by molar-refractivity contribution is 4.90. The van der Waals surface area contributed by atoms with E-state index < -0.39 is 0 Å². The SMILES string of the molecule is CCCCCC(OCCC)C1C[CH]NC(NC2CCC(N)CC2)C1. The second kappa shape index (κ2) is 11.5. The molecule has 4 nitrogen and oxygen atoms in total. The number of unbranched alkanes of at least 4 members (excludes halogenated alkanes) is 2. The van der Waals surface area contributed by atoms with Crippen LogP contribution in [0.25, 0.3) is 0 Å². The predicted molar refractivity (Wildman–Crippen MR) is 101 cm³/mol. The van der Waals surface area contributed by atoms with Gasteiger partial charge in [-0.05, 0) is 57.3 Å². The highest BCUT2D eigenvalue weighted by Gasteiger charge is 2.30. The Kier molecular flexibility index (Phi) is 9.62. The molecule has 1 radical (unpaired) electrons. The van der Waals surface area contributed by atoms with Gasteiger partial charge in [0.1, 0.15) is 0 Å². The van der Waals surface area contributed by atoms with E-state index in [0.717, 1.165) is 32.3 Å². The van der Waals surface area contributed by atoms with Crippen LogP contribution < -0.4 is 16.4 Å². The topological polar surface area (TPSA) is 59.3 Å². The van der Waals surface area contributed by atoms with Gasteiger partial charge in [-0.1, -0.05) is 33.1 Å². The average Bonchev–Trinajstić information content (AvgIpc) is 2.60. The fraction of sp³-hybridized carbons (Fsp3) is 0.950. The minimum Gasteiger partial charge on any atom is -0.378 e. The Labute approximate surface area is 149 Å². The zero-order valence-corrected chi connectivity index (χ0v) is 15.9. The first-order chi connectivity index (χ1) is 11.7. The molecule has 0 bridgehead atoms. The van der Waals surface area contributed by atoms with Crippen LogP contribution in [0.5, 0.6) is 0 Å². The van der Waals surface area contributed by atoms with E-state index in [1.807, 2.05) is 0 Å². The highest BCUT2D eigenvalue weighted by Crippen LogP contribution is 2.28. The van der Waals surface area contributed by atoms with Gasteiger partial charge in [-0.15, -0.1) is 0 Å². The number of ether oxygens (including phenoxy) is 1. The van der Waals surface area contributed by atoms with Crippen molar-refractivity contribution < 1.29 is 4.74 Å². The molecule has 1 heterocycles. The maximum atomic E-state index is 6.24. The Balaban J connectivity index is 1.79. The summed E-state index contributed by atoms with van der Waals surface area (Å²) in [4.78, 5) is 0. The molecular weight excluding hydrogens is 298 g/mol. The van der Waals surface area contributed by atoms with Crippen LogP contribution in [0.3, 0.4) is 0 Å². The molecule has 24 heavy (non-hydrogen) atoms. The summed E-state index contributed by atoms with van der Waals surface area (Å²) < 4.78 is 6.24. The van der Waals surface area contributed by atoms with Crippen molar-refractivity contribution in [3.8, 4) is 0 Å². The lowest BCUT2D eigenvalue weighted by molar-refractivity contribution is -0.00773. The van der Waals surface area contributed by atoms with E-state index in [1.54, 1.807) is 0 Å². The summed E-state index contributed by atoms with van der Waals surface area (Å²) in [5.41, 5.74) is 6.03. The molecule has 0 aromatic carbocycles. The lowest BCUT2D eigenvalue weighted by Gasteiger charge is -2.38. The zero-order valence-electron chi connectivity index (χ0n) is 15.9. The summed E-state index contributed by atoms with van der Waals surface area (Å²) in [6.45, 7) is 7.65. The number of nitrogens with two attached hydrogens (primary N) is 1. The van der Waals surface area contributed by atoms with E-state index >= 15 is 0 Å². The van der Waals surface area contributed by atoms with Crippen molar-refractivity contribution in [3.05, 3.63) is 6.54 Å². The van der Waals surface area contributed by atoms with Crippen LogP contribution >= 0.6 is 0 Å². The number of hydrogen-bond donors (Lipinski definition) is 3. The normalized spacial score (nSPS) is 32.6.